The van der Waals surface area contributed by atoms with E-state index in [2.05, 4.69) is 20.3 Å². The number of halogens is 3. The van der Waals surface area contributed by atoms with Gasteiger partial charge in [0.05, 0.1) is 12.6 Å². The molecule has 0 saturated carbocycles. The van der Waals surface area contributed by atoms with Crippen molar-refractivity contribution in [3.63, 3.8) is 0 Å². The molecule has 0 bridgehead atoms. The second-order valence-corrected chi connectivity index (χ2v) is 7.91. The largest absolute Gasteiger partial charge is 0.468 e. The van der Waals surface area contributed by atoms with Gasteiger partial charge in [0.15, 0.2) is 12.4 Å². The summed E-state index contributed by atoms with van der Waals surface area (Å²) in [6.45, 7) is 2.13. The van der Waals surface area contributed by atoms with Gasteiger partial charge in [0.2, 0.25) is 5.88 Å². The maximum Gasteiger partial charge on any atom is 0.422 e. The van der Waals surface area contributed by atoms with Gasteiger partial charge in [0.1, 0.15) is 5.82 Å². The van der Waals surface area contributed by atoms with Crippen LogP contribution in [0, 0.1) is 6.92 Å². The van der Waals surface area contributed by atoms with Gasteiger partial charge in [0, 0.05) is 48.5 Å². The Morgan fingerprint density at radius 2 is 2.03 bits per heavy atom. The van der Waals surface area contributed by atoms with Crippen molar-refractivity contribution in [3.8, 4) is 5.88 Å². The lowest BCUT2D eigenvalue weighted by atomic mass is 10.1. The van der Waals surface area contributed by atoms with E-state index in [-0.39, 0.29) is 30.0 Å². The van der Waals surface area contributed by atoms with Gasteiger partial charge in [-0.2, -0.15) is 13.2 Å². The van der Waals surface area contributed by atoms with Crippen molar-refractivity contribution < 1.29 is 27.5 Å². The molecule has 1 unspecified atom stereocenters. The number of pyridine rings is 2. The zero-order chi connectivity index (χ0) is 24.6. The van der Waals surface area contributed by atoms with Crippen molar-refractivity contribution in [1.29, 1.82) is 0 Å². The van der Waals surface area contributed by atoms with Crippen LogP contribution in [-0.4, -0.2) is 49.0 Å². The van der Waals surface area contributed by atoms with Crippen LogP contribution in [0.5, 0.6) is 5.88 Å². The number of amides is 2. The summed E-state index contributed by atoms with van der Waals surface area (Å²) in [5.74, 6) is -0.371. The molecular formula is C22H21F3N6O3. The van der Waals surface area contributed by atoms with Gasteiger partial charge >= 0.3 is 6.18 Å². The molecule has 2 amide bonds. The molecule has 0 aromatic carbocycles. The summed E-state index contributed by atoms with van der Waals surface area (Å²) >= 11 is 0. The minimum Gasteiger partial charge on any atom is -0.468 e. The number of alkyl halides is 3. The predicted octanol–water partition coefficient (Wildman–Crippen LogP) is 3.43. The number of aryl methyl sites for hydroxylation is 2. The highest BCUT2D eigenvalue weighted by atomic mass is 19.4. The molecule has 1 aliphatic rings. The highest BCUT2D eigenvalue weighted by Crippen LogP contribution is 2.34. The summed E-state index contributed by atoms with van der Waals surface area (Å²) in [7, 11) is 1.69. The number of aromatic nitrogens is 4. The molecular weight excluding hydrogens is 453 g/mol. The van der Waals surface area contributed by atoms with Gasteiger partial charge in [-0.1, -0.05) is 0 Å². The topological polar surface area (TPSA) is 102 Å². The van der Waals surface area contributed by atoms with Gasteiger partial charge in [-0.15, -0.1) is 0 Å². The van der Waals surface area contributed by atoms with Crippen LogP contribution in [0.3, 0.4) is 0 Å². The fourth-order valence-electron chi connectivity index (χ4n) is 3.71. The lowest BCUT2D eigenvalue weighted by molar-refractivity contribution is -0.154. The first-order valence-corrected chi connectivity index (χ1v) is 10.3. The van der Waals surface area contributed by atoms with Crippen LogP contribution in [0.25, 0.3) is 0 Å². The molecule has 4 rings (SSSR count). The molecule has 178 valence electrons. The number of imidazole rings is 1. The third-order valence-electron chi connectivity index (χ3n) is 5.51. The van der Waals surface area contributed by atoms with Crippen LogP contribution >= 0.6 is 0 Å². The molecule has 1 atom stereocenters. The molecule has 0 spiro atoms. The summed E-state index contributed by atoms with van der Waals surface area (Å²) < 4.78 is 43.6. The number of carbonyl (C=O) groups excluding carboxylic acids is 2. The van der Waals surface area contributed by atoms with E-state index >= 15 is 0 Å². The van der Waals surface area contributed by atoms with Gasteiger partial charge in [-0.05, 0) is 31.5 Å². The fraction of sp³-hybridized carbons (Fsp3) is 0.318. The SMILES string of the molecule is Cc1cc(C(C)N2Cc3c(ccnc3NC(=O)c3nccn3C)C2=O)cnc1OCC(F)(F)F. The van der Waals surface area contributed by atoms with Crippen molar-refractivity contribution in [2.24, 2.45) is 7.05 Å². The number of hydrogen-bond acceptors (Lipinski definition) is 6. The molecule has 0 radical (unpaired) electrons. The average Bonchev–Trinajstić information content (AvgIpc) is 3.35. The van der Waals surface area contributed by atoms with E-state index in [1.54, 1.807) is 48.7 Å². The third kappa shape index (κ3) is 4.56. The number of rotatable bonds is 6. The Morgan fingerprint density at radius 3 is 2.68 bits per heavy atom. The average molecular weight is 474 g/mol. The van der Waals surface area contributed by atoms with E-state index in [9.17, 15) is 22.8 Å². The van der Waals surface area contributed by atoms with Crippen molar-refractivity contribution in [1.82, 2.24) is 24.4 Å². The third-order valence-corrected chi connectivity index (χ3v) is 5.51. The monoisotopic (exact) mass is 474 g/mol. The van der Waals surface area contributed by atoms with E-state index < -0.39 is 24.7 Å². The Balaban J connectivity index is 1.53. The smallest absolute Gasteiger partial charge is 0.422 e. The molecule has 1 aliphatic heterocycles. The summed E-state index contributed by atoms with van der Waals surface area (Å²) in [5.41, 5.74) is 2.02. The summed E-state index contributed by atoms with van der Waals surface area (Å²) in [6, 6.07) is 2.78. The Kier molecular flexibility index (Phi) is 5.98. The first-order chi connectivity index (χ1) is 16.0. The van der Waals surface area contributed by atoms with Gasteiger partial charge in [-0.3, -0.25) is 9.59 Å². The number of fused-ring (bicyclic) bond motifs is 1. The van der Waals surface area contributed by atoms with Gasteiger partial charge in [0.25, 0.3) is 11.8 Å². The molecule has 3 aromatic rings. The maximum absolute atomic E-state index is 13.1. The Hall–Kier alpha value is -3.96. The van der Waals surface area contributed by atoms with Crippen LogP contribution in [0.15, 0.2) is 36.9 Å². The van der Waals surface area contributed by atoms with E-state index in [1.165, 1.54) is 18.6 Å². The number of nitrogens with zero attached hydrogens (tertiary/aromatic N) is 5. The van der Waals surface area contributed by atoms with Gasteiger partial charge in [-0.25, -0.2) is 15.0 Å². The molecule has 9 nitrogen and oxygen atoms in total. The normalized spacial score (nSPS) is 14.2. The van der Waals surface area contributed by atoms with Crippen molar-refractivity contribution in [3.05, 3.63) is 65.0 Å². The Morgan fingerprint density at radius 1 is 1.26 bits per heavy atom. The summed E-state index contributed by atoms with van der Waals surface area (Å²) in [6.07, 6.45) is 1.50. The van der Waals surface area contributed by atoms with Crippen LogP contribution in [0.2, 0.25) is 0 Å². The minimum absolute atomic E-state index is 0.118. The number of ether oxygens (including phenoxy) is 1. The van der Waals surface area contributed by atoms with Crippen LogP contribution in [-0.2, 0) is 13.6 Å². The first kappa shape index (κ1) is 23.2. The highest BCUT2D eigenvalue weighted by Gasteiger charge is 2.34. The number of anilines is 1. The number of carbonyl (C=O) groups is 2. The standard InChI is InChI=1S/C22H21F3N6O3/c1-12-8-14(9-28-20(12)34-11-22(23,24)25)13(2)31-10-16-15(21(31)33)4-5-26-17(16)29-19(32)18-27-6-7-30(18)3/h4-9,13H,10-11H2,1-3H3,(H,26,29,32). The molecule has 34 heavy (non-hydrogen) atoms. The summed E-state index contributed by atoms with van der Waals surface area (Å²) in [4.78, 5) is 39.5. The van der Waals surface area contributed by atoms with Crippen LogP contribution < -0.4 is 10.1 Å². The second-order valence-electron chi connectivity index (χ2n) is 7.91. The van der Waals surface area contributed by atoms with Crippen LogP contribution in [0.1, 0.15) is 50.6 Å². The second kappa shape index (κ2) is 8.76. The summed E-state index contributed by atoms with van der Waals surface area (Å²) in [5, 5.41) is 2.72. The van der Waals surface area contributed by atoms with Crippen molar-refractivity contribution >= 4 is 17.6 Å². The number of hydrogen-bond donors (Lipinski definition) is 1. The Bertz CT molecular complexity index is 1260. The van der Waals surface area contributed by atoms with E-state index in [0.29, 0.717) is 22.3 Å². The maximum atomic E-state index is 13.1. The first-order valence-electron chi connectivity index (χ1n) is 10.3. The quantitative estimate of drug-likeness (QED) is 0.587. The molecule has 1 N–H and O–H groups in total. The molecule has 0 fully saturated rings. The zero-order valence-corrected chi connectivity index (χ0v) is 18.6. The molecule has 3 aromatic heterocycles. The predicted molar refractivity (Wildman–Crippen MR) is 114 cm³/mol. The van der Waals surface area contributed by atoms with E-state index in [4.69, 9.17) is 4.74 Å². The molecule has 0 aliphatic carbocycles. The molecule has 12 heteroatoms. The number of nitrogens with one attached hydrogen (secondary N) is 1. The Labute approximate surface area is 192 Å². The zero-order valence-electron chi connectivity index (χ0n) is 18.6. The van der Waals surface area contributed by atoms with Gasteiger partial charge < -0.3 is 19.5 Å². The van der Waals surface area contributed by atoms with Crippen LogP contribution in [0.4, 0.5) is 19.0 Å². The van der Waals surface area contributed by atoms with E-state index in [0.717, 1.165) is 0 Å². The van der Waals surface area contributed by atoms with Crippen molar-refractivity contribution in [2.75, 3.05) is 11.9 Å². The fourth-order valence-corrected chi connectivity index (χ4v) is 3.71. The lowest BCUT2D eigenvalue weighted by Crippen LogP contribution is -2.27. The minimum atomic E-state index is -4.47. The lowest BCUT2D eigenvalue weighted by Gasteiger charge is -2.25. The molecule has 0 saturated heterocycles. The molecule has 4 heterocycles. The highest BCUT2D eigenvalue weighted by molar-refractivity contribution is 6.04. The van der Waals surface area contributed by atoms with E-state index in [1.807, 2.05) is 0 Å². The van der Waals surface area contributed by atoms with Crippen molar-refractivity contribution in [2.45, 2.75) is 32.6 Å².